The van der Waals surface area contributed by atoms with Crippen molar-refractivity contribution >= 4 is 22.7 Å². The van der Waals surface area contributed by atoms with Gasteiger partial charge < -0.3 is 41.9 Å². The molecule has 0 saturated carbocycles. The van der Waals surface area contributed by atoms with Crippen molar-refractivity contribution in [1.82, 2.24) is 0 Å². The molecule has 8 heteroatoms. The fourth-order valence-electron chi connectivity index (χ4n) is 6.10. The van der Waals surface area contributed by atoms with Crippen LogP contribution in [0.4, 0.5) is 22.7 Å². The van der Waals surface area contributed by atoms with E-state index in [4.69, 9.17) is 41.9 Å². The summed E-state index contributed by atoms with van der Waals surface area (Å²) >= 11 is 0. The average Bonchev–Trinajstić information content (AvgIpc) is 3.30. The van der Waals surface area contributed by atoms with Crippen LogP contribution in [0.5, 0.6) is 23.0 Å². The van der Waals surface area contributed by atoms with Crippen LogP contribution in [0.3, 0.4) is 0 Å². The molecule has 0 fully saturated rings. The molecule has 0 bridgehead atoms. The molecule has 4 aromatic carbocycles. The average molecular weight is 497 g/mol. The summed E-state index contributed by atoms with van der Waals surface area (Å²) in [6.07, 6.45) is 0. The van der Waals surface area contributed by atoms with Crippen molar-refractivity contribution in [3.63, 3.8) is 0 Å². The van der Waals surface area contributed by atoms with Crippen molar-refractivity contribution in [3.05, 3.63) is 70.8 Å². The van der Waals surface area contributed by atoms with Gasteiger partial charge in [-0.3, -0.25) is 0 Å². The molecule has 4 aromatic rings. The lowest BCUT2D eigenvalue weighted by molar-refractivity contribution is 0.413. The van der Waals surface area contributed by atoms with Gasteiger partial charge in [0.2, 0.25) is 0 Å². The second-order valence-corrected chi connectivity index (χ2v) is 9.31. The van der Waals surface area contributed by atoms with Gasteiger partial charge in [-0.15, -0.1) is 0 Å². The predicted octanol–water partition coefficient (Wildman–Crippen LogP) is 4.39. The van der Waals surface area contributed by atoms with Gasteiger partial charge in [-0.25, -0.2) is 0 Å². The van der Waals surface area contributed by atoms with E-state index in [0.29, 0.717) is 45.7 Å². The third-order valence-corrected chi connectivity index (χ3v) is 7.68. The topological polar surface area (TPSA) is 141 Å². The van der Waals surface area contributed by atoms with Crippen LogP contribution in [0.25, 0.3) is 22.3 Å². The van der Waals surface area contributed by atoms with Crippen molar-refractivity contribution in [1.29, 1.82) is 0 Å². The highest BCUT2D eigenvalue weighted by molar-refractivity contribution is 5.99. The number of methoxy groups -OCH3 is 4. The first kappa shape index (κ1) is 22.7. The lowest BCUT2D eigenvalue weighted by Crippen LogP contribution is -2.26. The number of nitrogens with two attached hydrogens (primary N) is 4. The van der Waals surface area contributed by atoms with Crippen LogP contribution in [0.15, 0.2) is 48.5 Å². The normalized spacial score (nSPS) is 13.5. The molecule has 0 saturated heterocycles. The molecular formula is C29H28N4O4. The third kappa shape index (κ3) is 2.72. The molecule has 2 aliphatic rings. The van der Waals surface area contributed by atoms with E-state index in [2.05, 4.69) is 0 Å². The van der Waals surface area contributed by atoms with E-state index in [0.717, 1.165) is 44.5 Å². The summed E-state index contributed by atoms with van der Waals surface area (Å²) in [5.41, 5.74) is 34.7. The number of hydrogen-bond donors (Lipinski definition) is 4. The lowest BCUT2D eigenvalue weighted by atomic mass is 9.70. The number of anilines is 4. The molecule has 0 atom stereocenters. The van der Waals surface area contributed by atoms with Gasteiger partial charge >= 0.3 is 0 Å². The molecule has 0 amide bonds. The van der Waals surface area contributed by atoms with Crippen LogP contribution >= 0.6 is 0 Å². The van der Waals surface area contributed by atoms with Crippen molar-refractivity contribution in [3.8, 4) is 45.3 Å². The largest absolute Gasteiger partial charge is 0.495 e. The Kier molecular flexibility index (Phi) is 4.69. The minimum Gasteiger partial charge on any atom is -0.495 e. The second-order valence-electron chi connectivity index (χ2n) is 9.31. The first-order chi connectivity index (χ1) is 17.8. The summed E-state index contributed by atoms with van der Waals surface area (Å²) in [6.45, 7) is 0. The van der Waals surface area contributed by atoms with Gasteiger partial charge in [-0.05, 0) is 93.0 Å². The maximum Gasteiger partial charge on any atom is 0.142 e. The van der Waals surface area contributed by atoms with Gasteiger partial charge in [0.15, 0.2) is 0 Å². The Labute approximate surface area is 214 Å². The minimum atomic E-state index is -0.792. The Morgan fingerprint density at radius 1 is 0.405 bits per heavy atom. The molecule has 0 radical (unpaired) electrons. The van der Waals surface area contributed by atoms with E-state index in [1.165, 1.54) is 0 Å². The van der Waals surface area contributed by atoms with Gasteiger partial charge in [0.1, 0.15) is 23.0 Å². The molecule has 6 rings (SSSR count). The van der Waals surface area contributed by atoms with Crippen LogP contribution in [0.2, 0.25) is 0 Å². The SMILES string of the molecule is COc1cc2c(cc1N)-c1cc(N)c(OC)cc1C21c2cc(OC)c(N)cc2-c2cc(N)c(OC)cc21. The van der Waals surface area contributed by atoms with Gasteiger partial charge in [0, 0.05) is 0 Å². The summed E-state index contributed by atoms with van der Waals surface area (Å²) in [5, 5.41) is 0. The van der Waals surface area contributed by atoms with E-state index in [1.807, 2.05) is 48.5 Å². The predicted molar refractivity (Wildman–Crippen MR) is 147 cm³/mol. The number of hydrogen-bond acceptors (Lipinski definition) is 8. The lowest BCUT2D eigenvalue weighted by Gasteiger charge is -2.31. The first-order valence-electron chi connectivity index (χ1n) is 11.7. The molecule has 2 aliphatic carbocycles. The highest BCUT2D eigenvalue weighted by Crippen LogP contribution is 2.66. The van der Waals surface area contributed by atoms with Crippen molar-refractivity contribution in [2.75, 3.05) is 51.4 Å². The zero-order chi connectivity index (χ0) is 26.2. The summed E-state index contributed by atoms with van der Waals surface area (Å²) in [5.74, 6) is 2.30. The fourth-order valence-corrected chi connectivity index (χ4v) is 6.10. The second kappa shape index (κ2) is 7.64. The zero-order valence-corrected chi connectivity index (χ0v) is 21.1. The highest BCUT2D eigenvalue weighted by Gasteiger charge is 2.53. The first-order valence-corrected chi connectivity index (χ1v) is 11.7. The van der Waals surface area contributed by atoms with Gasteiger partial charge in [-0.1, -0.05) is 0 Å². The van der Waals surface area contributed by atoms with Gasteiger partial charge in [-0.2, -0.15) is 0 Å². The Hall–Kier alpha value is -4.72. The molecule has 8 N–H and O–H groups in total. The van der Waals surface area contributed by atoms with Crippen molar-refractivity contribution in [2.45, 2.75) is 5.41 Å². The molecule has 8 nitrogen and oxygen atoms in total. The Morgan fingerprint density at radius 2 is 0.622 bits per heavy atom. The molecule has 188 valence electrons. The van der Waals surface area contributed by atoms with E-state index in [-0.39, 0.29) is 0 Å². The maximum absolute atomic E-state index is 6.41. The smallest absolute Gasteiger partial charge is 0.142 e. The summed E-state index contributed by atoms with van der Waals surface area (Å²) < 4.78 is 22.7. The van der Waals surface area contributed by atoms with Crippen LogP contribution in [0.1, 0.15) is 22.3 Å². The van der Waals surface area contributed by atoms with Crippen LogP contribution in [0, 0.1) is 0 Å². The van der Waals surface area contributed by atoms with E-state index in [1.54, 1.807) is 28.4 Å². The molecule has 1 spiro atoms. The zero-order valence-electron chi connectivity index (χ0n) is 21.1. The summed E-state index contributed by atoms with van der Waals surface area (Å²) in [4.78, 5) is 0. The number of rotatable bonds is 4. The Bertz CT molecular complexity index is 1390. The van der Waals surface area contributed by atoms with Gasteiger partial charge in [0.25, 0.3) is 0 Å². The summed E-state index contributed by atoms with van der Waals surface area (Å²) in [7, 11) is 6.44. The number of fused-ring (bicyclic) bond motifs is 10. The number of benzene rings is 4. The van der Waals surface area contributed by atoms with Gasteiger partial charge in [0.05, 0.1) is 56.6 Å². The molecule has 37 heavy (non-hydrogen) atoms. The summed E-state index contributed by atoms with van der Waals surface area (Å²) in [6, 6.07) is 15.7. The number of nitrogen functional groups attached to an aromatic ring is 4. The maximum atomic E-state index is 6.41. The Balaban J connectivity index is 1.87. The van der Waals surface area contributed by atoms with E-state index in [9.17, 15) is 0 Å². The standard InChI is InChI=1S/C29H28N4O4/c1-34-25-9-17-13(5-21(25)30)14-6-22(31)26(35-2)10-18(14)29(17)19-11-27(36-3)23(32)7-15(19)16-8-24(33)28(37-4)12-20(16)29/h5-12H,30-33H2,1-4H3. The molecule has 0 aromatic heterocycles. The monoisotopic (exact) mass is 496 g/mol. The van der Waals surface area contributed by atoms with Crippen LogP contribution in [-0.4, -0.2) is 28.4 Å². The molecular weight excluding hydrogens is 468 g/mol. The molecule has 0 aliphatic heterocycles. The van der Waals surface area contributed by atoms with Crippen LogP contribution < -0.4 is 41.9 Å². The van der Waals surface area contributed by atoms with E-state index >= 15 is 0 Å². The van der Waals surface area contributed by atoms with Crippen molar-refractivity contribution in [2.24, 2.45) is 0 Å². The third-order valence-electron chi connectivity index (χ3n) is 7.68. The Morgan fingerprint density at radius 3 is 0.811 bits per heavy atom. The van der Waals surface area contributed by atoms with Crippen molar-refractivity contribution < 1.29 is 18.9 Å². The van der Waals surface area contributed by atoms with Crippen LogP contribution in [-0.2, 0) is 5.41 Å². The molecule has 0 heterocycles. The fraction of sp³-hybridized carbons (Fsp3) is 0.172. The minimum absolute atomic E-state index is 0.529. The number of ether oxygens (including phenoxy) is 4. The van der Waals surface area contributed by atoms with E-state index < -0.39 is 5.41 Å². The molecule has 0 unspecified atom stereocenters. The highest BCUT2D eigenvalue weighted by atomic mass is 16.5. The quantitative estimate of drug-likeness (QED) is 0.263.